The van der Waals surface area contributed by atoms with E-state index in [2.05, 4.69) is 172 Å². The number of para-hydroxylation sites is 3. The van der Waals surface area contributed by atoms with E-state index in [0.29, 0.717) is 0 Å². The molecule has 4 nitrogen and oxygen atoms in total. The molecule has 0 radical (unpaired) electrons. The summed E-state index contributed by atoms with van der Waals surface area (Å²) in [6.45, 7) is 7.13. The van der Waals surface area contributed by atoms with E-state index in [1.165, 1.54) is 110 Å². The smallest absolute Gasteiger partial charge is 0.255 e. The summed E-state index contributed by atoms with van der Waals surface area (Å²) < 4.78 is 10.3. The van der Waals surface area contributed by atoms with Crippen LogP contribution in [0.5, 0.6) is 0 Å². The predicted molar refractivity (Wildman–Crippen MR) is 215 cm³/mol. The first-order valence-corrected chi connectivity index (χ1v) is 18.1. The average molecular weight is 651 g/mol. The Balaban J connectivity index is 1.31. The van der Waals surface area contributed by atoms with Crippen molar-refractivity contribution in [2.75, 3.05) is 0 Å². The van der Waals surface area contributed by atoms with Crippen molar-refractivity contribution in [3.05, 3.63) is 139 Å². The van der Waals surface area contributed by atoms with Gasteiger partial charge in [0.25, 0.3) is 6.71 Å². The van der Waals surface area contributed by atoms with Crippen molar-refractivity contribution in [3.8, 4) is 11.4 Å². The van der Waals surface area contributed by atoms with E-state index in [1.54, 1.807) is 0 Å². The zero-order valence-corrected chi connectivity index (χ0v) is 28.6. The van der Waals surface area contributed by atoms with Crippen LogP contribution >= 0.6 is 0 Å². The molecule has 0 amide bonds. The molecule has 0 spiro atoms. The SMILES string of the molecule is CC(C)(C)c1cc2c3c(c1)-n1c4ccccc4n4c5c(ccc6ccccc65)c(c14)B3c1cccc3c1n-2c1cc2ccc4ccccc4c2n31. The van der Waals surface area contributed by atoms with Crippen molar-refractivity contribution in [3.63, 3.8) is 0 Å². The number of fused-ring (bicyclic) bond motifs is 19. The van der Waals surface area contributed by atoms with Gasteiger partial charge in [-0.2, -0.15) is 0 Å². The first-order valence-electron chi connectivity index (χ1n) is 18.1. The fourth-order valence-electron chi connectivity index (χ4n) is 10.1. The zero-order chi connectivity index (χ0) is 33.5. The molecule has 0 bridgehead atoms. The van der Waals surface area contributed by atoms with Crippen molar-refractivity contribution >= 4 is 99.8 Å². The first kappa shape index (κ1) is 26.6. The molecule has 2 aliphatic heterocycles. The minimum atomic E-state index is -0.0497. The van der Waals surface area contributed by atoms with E-state index in [-0.39, 0.29) is 12.1 Å². The van der Waals surface area contributed by atoms with Gasteiger partial charge in [0.15, 0.2) is 0 Å². The number of nitrogens with zero attached hydrogens (tertiary/aromatic N) is 4. The summed E-state index contributed by atoms with van der Waals surface area (Å²) in [6.07, 6.45) is 0. The van der Waals surface area contributed by atoms with Crippen molar-refractivity contribution in [2.45, 2.75) is 26.2 Å². The number of hydrogen-bond acceptors (Lipinski definition) is 0. The highest BCUT2D eigenvalue weighted by Gasteiger charge is 2.44. The van der Waals surface area contributed by atoms with Crippen LogP contribution in [0.3, 0.4) is 0 Å². The Bertz CT molecular complexity index is 3410. The van der Waals surface area contributed by atoms with Gasteiger partial charge in [-0.3, -0.25) is 17.9 Å². The van der Waals surface area contributed by atoms with Gasteiger partial charge in [-0.05, 0) is 79.9 Å². The summed E-state index contributed by atoms with van der Waals surface area (Å²) in [7, 11) is 0. The van der Waals surface area contributed by atoms with E-state index in [0.717, 1.165) is 0 Å². The van der Waals surface area contributed by atoms with Gasteiger partial charge in [-0.1, -0.05) is 118 Å². The number of benzene rings is 7. The number of rotatable bonds is 0. The van der Waals surface area contributed by atoms with Crippen LogP contribution in [-0.2, 0) is 5.41 Å². The quantitative estimate of drug-likeness (QED) is 0.146. The fraction of sp³-hybridized carbons (Fsp3) is 0.0870. The van der Waals surface area contributed by atoms with Crippen molar-refractivity contribution < 1.29 is 0 Å². The Morgan fingerprint density at radius 2 is 1.12 bits per heavy atom. The number of hydrogen-bond donors (Lipinski definition) is 0. The Morgan fingerprint density at radius 1 is 0.471 bits per heavy atom. The second-order valence-corrected chi connectivity index (χ2v) is 15.8. The van der Waals surface area contributed by atoms with Gasteiger partial charge in [-0.25, -0.2) is 0 Å². The number of imidazole rings is 2. The first-order chi connectivity index (χ1) is 25.0. The van der Waals surface area contributed by atoms with Crippen LogP contribution in [0.1, 0.15) is 26.3 Å². The molecule has 238 valence electrons. The summed E-state index contributed by atoms with van der Waals surface area (Å²) in [5.74, 6) is 0. The van der Waals surface area contributed by atoms with Gasteiger partial charge in [0.1, 0.15) is 11.3 Å². The maximum Gasteiger partial charge on any atom is 0.255 e. The molecule has 0 fully saturated rings. The van der Waals surface area contributed by atoms with Crippen molar-refractivity contribution in [1.82, 2.24) is 17.9 Å². The molecule has 0 aliphatic carbocycles. The monoisotopic (exact) mass is 650 g/mol. The summed E-state index contributed by atoms with van der Waals surface area (Å²) in [4.78, 5) is 0. The second-order valence-electron chi connectivity index (χ2n) is 15.8. The Hall–Kier alpha value is -6.20. The topological polar surface area (TPSA) is 18.7 Å². The van der Waals surface area contributed by atoms with Crippen LogP contribution in [0.2, 0.25) is 0 Å². The molecule has 0 unspecified atom stereocenters. The highest BCUT2D eigenvalue weighted by atomic mass is 15.2. The Kier molecular flexibility index (Phi) is 4.47. The highest BCUT2D eigenvalue weighted by Crippen LogP contribution is 2.42. The molecule has 2 aliphatic rings. The maximum absolute atomic E-state index is 2.60. The molecule has 4 aromatic heterocycles. The van der Waals surface area contributed by atoms with Gasteiger partial charge in [0.2, 0.25) is 0 Å². The van der Waals surface area contributed by atoms with Crippen LogP contribution in [0.15, 0.2) is 133 Å². The van der Waals surface area contributed by atoms with E-state index in [4.69, 9.17) is 0 Å². The third kappa shape index (κ3) is 2.96. The van der Waals surface area contributed by atoms with Crippen LogP contribution in [-0.4, -0.2) is 24.6 Å². The zero-order valence-electron chi connectivity index (χ0n) is 28.6. The molecule has 51 heavy (non-hydrogen) atoms. The molecule has 0 atom stereocenters. The lowest BCUT2D eigenvalue weighted by Crippen LogP contribution is -2.59. The van der Waals surface area contributed by atoms with Crippen molar-refractivity contribution in [1.29, 1.82) is 0 Å². The Labute approximate surface area is 293 Å². The van der Waals surface area contributed by atoms with Crippen LogP contribution in [0.25, 0.3) is 88.1 Å². The lowest BCUT2D eigenvalue weighted by atomic mass is 9.34. The lowest BCUT2D eigenvalue weighted by Gasteiger charge is -2.34. The Morgan fingerprint density at radius 3 is 1.90 bits per heavy atom. The molecular weight excluding hydrogens is 619 g/mol. The lowest BCUT2D eigenvalue weighted by molar-refractivity contribution is 0.589. The van der Waals surface area contributed by atoms with E-state index < -0.39 is 0 Å². The molecular formula is C46H31BN4. The average Bonchev–Trinajstić information content (AvgIpc) is 3.88. The maximum atomic E-state index is 2.60. The molecule has 13 rings (SSSR count). The summed E-state index contributed by atoms with van der Waals surface area (Å²) in [5, 5.41) is 7.74. The predicted octanol–water partition coefficient (Wildman–Crippen LogP) is 9.13. The van der Waals surface area contributed by atoms with E-state index in [9.17, 15) is 0 Å². The van der Waals surface area contributed by atoms with Crippen LogP contribution in [0, 0.1) is 0 Å². The standard InChI is InChI=1S/C46H31BN4/c1-46(2,3)29-24-37-41-38(25-29)50-39-23-28-20-19-26-11-4-6-13-30(26)42(28)49(39)36-18-10-15-33(44(36)50)47(41)40-32-22-21-27-12-5-7-14-31(27)43(32)51-35-17-9-8-16-34(35)48(37)45(40)51/h4-25H,1-3H3. The summed E-state index contributed by atoms with van der Waals surface area (Å²) in [5.41, 5.74) is 18.2. The molecule has 0 saturated carbocycles. The third-order valence-corrected chi connectivity index (χ3v) is 12.2. The van der Waals surface area contributed by atoms with Crippen LogP contribution in [0.4, 0.5) is 0 Å². The van der Waals surface area contributed by atoms with Gasteiger partial charge < -0.3 is 0 Å². The van der Waals surface area contributed by atoms with Gasteiger partial charge in [0, 0.05) is 27.5 Å². The molecule has 0 N–H and O–H groups in total. The summed E-state index contributed by atoms with van der Waals surface area (Å²) in [6, 6.07) is 50.5. The van der Waals surface area contributed by atoms with Crippen LogP contribution < -0.4 is 16.4 Å². The highest BCUT2D eigenvalue weighted by molar-refractivity contribution is 7.01. The van der Waals surface area contributed by atoms with Crippen molar-refractivity contribution in [2.24, 2.45) is 0 Å². The van der Waals surface area contributed by atoms with Gasteiger partial charge in [-0.15, -0.1) is 0 Å². The third-order valence-electron chi connectivity index (χ3n) is 12.2. The minimum Gasteiger partial charge on any atom is -0.295 e. The largest absolute Gasteiger partial charge is 0.295 e. The fourth-order valence-corrected chi connectivity index (χ4v) is 10.1. The van der Waals surface area contributed by atoms with E-state index in [1.807, 2.05) is 0 Å². The molecule has 0 saturated heterocycles. The minimum absolute atomic E-state index is 0.0497. The summed E-state index contributed by atoms with van der Waals surface area (Å²) >= 11 is 0. The normalized spacial score (nSPS) is 13.7. The number of aromatic nitrogens is 4. The molecule has 6 heterocycles. The van der Waals surface area contributed by atoms with Gasteiger partial charge >= 0.3 is 0 Å². The molecule has 7 aromatic carbocycles. The van der Waals surface area contributed by atoms with Gasteiger partial charge in [0.05, 0.1) is 33.1 Å². The second kappa shape index (κ2) is 8.56. The van der Waals surface area contributed by atoms with E-state index >= 15 is 0 Å². The molecule has 11 aromatic rings. The molecule has 5 heteroatoms.